The van der Waals surface area contributed by atoms with Gasteiger partial charge in [-0.25, -0.2) is 19.9 Å². The van der Waals surface area contributed by atoms with Gasteiger partial charge in [0.25, 0.3) is 0 Å². The highest BCUT2D eigenvalue weighted by molar-refractivity contribution is 5.83. The first kappa shape index (κ1) is 20.7. The molecule has 7 rings (SSSR count). The summed E-state index contributed by atoms with van der Waals surface area (Å²) in [6.45, 7) is 4.58. The lowest BCUT2D eigenvalue weighted by molar-refractivity contribution is 0.608. The van der Waals surface area contributed by atoms with Gasteiger partial charge >= 0.3 is 0 Å². The molecule has 0 radical (unpaired) electrons. The lowest BCUT2D eigenvalue weighted by atomic mass is 9.82. The van der Waals surface area contributed by atoms with E-state index in [2.05, 4.69) is 71.3 Å². The van der Waals surface area contributed by atoms with E-state index in [9.17, 15) is 0 Å². The van der Waals surface area contributed by atoms with Crippen molar-refractivity contribution in [1.82, 2.24) is 19.9 Å². The second-order valence-electron chi connectivity index (χ2n) is 9.62. The molecule has 0 unspecified atom stereocenters. The summed E-state index contributed by atoms with van der Waals surface area (Å²) < 4.78 is 5.86. The number of hydrogen-bond donors (Lipinski definition) is 0. The maximum atomic E-state index is 5.86. The minimum Gasteiger partial charge on any atom is -0.418 e. The van der Waals surface area contributed by atoms with Crippen LogP contribution in [0.25, 0.3) is 56.5 Å². The summed E-state index contributed by atoms with van der Waals surface area (Å²) in [5, 5.41) is 0. The van der Waals surface area contributed by atoms with Crippen LogP contribution in [0.1, 0.15) is 25.0 Å². The van der Waals surface area contributed by atoms with Crippen molar-refractivity contribution in [3.8, 4) is 45.2 Å². The Bertz CT molecular complexity index is 1750. The Kier molecular flexibility index (Phi) is 4.42. The fraction of sp³-hybridized carbons (Fsp3) is 0.0968. The average Bonchev–Trinajstić information content (AvgIpc) is 3.46. The van der Waals surface area contributed by atoms with Gasteiger partial charge in [0, 0.05) is 34.5 Å². The lowest BCUT2D eigenvalue weighted by Gasteiger charge is -2.21. The second kappa shape index (κ2) is 7.68. The highest BCUT2D eigenvalue weighted by Gasteiger charge is 2.35. The van der Waals surface area contributed by atoms with Crippen molar-refractivity contribution in [2.45, 2.75) is 19.3 Å². The van der Waals surface area contributed by atoms with Gasteiger partial charge in [-0.05, 0) is 58.7 Å². The summed E-state index contributed by atoms with van der Waals surface area (Å²) in [5.41, 5.74) is 10.3. The van der Waals surface area contributed by atoms with E-state index in [1.54, 1.807) is 6.20 Å². The highest BCUT2D eigenvalue weighted by atomic mass is 16.4. The largest absolute Gasteiger partial charge is 0.418 e. The van der Waals surface area contributed by atoms with Gasteiger partial charge in [-0.1, -0.05) is 62.4 Å². The highest BCUT2D eigenvalue weighted by Crippen LogP contribution is 2.49. The average molecular weight is 467 g/mol. The van der Waals surface area contributed by atoms with Crippen LogP contribution in [0, 0.1) is 0 Å². The fourth-order valence-corrected chi connectivity index (χ4v) is 5.21. The minimum atomic E-state index is -0.0550. The Hall–Kier alpha value is -4.64. The Labute approximate surface area is 208 Å². The molecule has 0 saturated heterocycles. The normalized spacial score (nSPS) is 13.5. The van der Waals surface area contributed by atoms with Crippen LogP contribution in [0.5, 0.6) is 0 Å². The third-order valence-electron chi connectivity index (χ3n) is 7.07. The predicted molar refractivity (Wildman–Crippen MR) is 141 cm³/mol. The number of pyridine rings is 1. The van der Waals surface area contributed by atoms with Crippen molar-refractivity contribution in [1.29, 1.82) is 0 Å². The van der Waals surface area contributed by atoms with Gasteiger partial charge in [0.05, 0.1) is 5.69 Å². The zero-order chi connectivity index (χ0) is 24.3. The van der Waals surface area contributed by atoms with Gasteiger partial charge in [0.1, 0.15) is 5.52 Å². The van der Waals surface area contributed by atoms with Gasteiger partial charge in [-0.15, -0.1) is 0 Å². The zero-order valence-electron chi connectivity index (χ0n) is 19.9. The number of fused-ring (bicyclic) bond motifs is 4. The van der Waals surface area contributed by atoms with Crippen LogP contribution < -0.4 is 0 Å². The molecule has 3 aromatic heterocycles. The zero-order valence-corrected chi connectivity index (χ0v) is 19.9. The van der Waals surface area contributed by atoms with Crippen LogP contribution in [0.3, 0.4) is 0 Å². The topological polar surface area (TPSA) is 64.7 Å². The monoisotopic (exact) mass is 466 g/mol. The Morgan fingerprint density at radius 3 is 2.42 bits per heavy atom. The summed E-state index contributed by atoms with van der Waals surface area (Å²) in [4.78, 5) is 18.3. The van der Waals surface area contributed by atoms with E-state index in [0.717, 1.165) is 27.9 Å². The van der Waals surface area contributed by atoms with E-state index >= 15 is 0 Å². The molecule has 5 nitrogen and oxygen atoms in total. The molecule has 3 heterocycles. The van der Waals surface area contributed by atoms with Crippen LogP contribution in [0.4, 0.5) is 0 Å². The molecule has 0 aliphatic heterocycles. The molecule has 36 heavy (non-hydrogen) atoms. The fourth-order valence-electron chi connectivity index (χ4n) is 5.21. The van der Waals surface area contributed by atoms with Crippen molar-refractivity contribution in [2.24, 2.45) is 0 Å². The smallest absolute Gasteiger partial charge is 0.247 e. The van der Waals surface area contributed by atoms with E-state index < -0.39 is 0 Å². The molecule has 172 valence electrons. The summed E-state index contributed by atoms with van der Waals surface area (Å²) in [6, 6.07) is 29.0. The number of oxazole rings is 1. The van der Waals surface area contributed by atoms with Crippen LogP contribution in [-0.4, -0.2) is 19.9 Å². The molecule has 6 aromatic rings. The number of aromatic nitrogens is 4. The first-order chi connectivity index (χ1) is 17.6. The second-order valence-corrected chi connectivity index (χ2v) is 9.62. The third-order valence-corrected chi connectivity index (χ3v) is 7.07. The molecule has 1 aliphatic carbocycles. The molecule has 5 heteroatoms. The molecule has 1 aliphatic rings. The summed E-state index contributed by atoms with van der Waals surface area (Å²) in [5.74, 6) is 1.19. The van der Waals surface area contributed by atoms with Gasteiger partial charge in [0.15, 0.2) is 5.82 Å². The van der Waals surface area contributed by atoms with E-state index in [4.69, 9.17) is 9.40 Å². The summed E-state index contributed by atoms with van der Waals surface area (Å²) in [7, 11) is 0. The standard InChI is InChI=1S/C31H22N4O/c1-31(2)24-10-4-3-9-22(24)23-13-12-19(18-25(23)31)26-14-16-32-28(34-26)20-7-5-8-21(17-20)29-35-27-11-6-15-33-30(27)36-29/h3-18H,1-2H3. The molecule has 0 amide bonds. The summed E-state index contributed by atoms with van der Waals surface area (Å²) >= 11 is 0. The molecule has 3 aromatic carbocycles. The van der Waals surface area contributed by atoms with Crippen LogP contribution >= 0.6 is 0 Å². The number of hydrogen-bond acceptors (Lipinski definition) is 5. The minimum absolute atomic E-state index is 0.0550. The van der Waals surface area contributed by atoms with Crippen LogP contribution in [0.15, 0.2) is 102 Å². The Morgan fingerprint density at radius 1 is 0.639 bits per heavy atom. The predicted octanol–water partition coefficient (Wildman–Crippen LogP) is 7.32. The van der Waals surface area contributed by atoms with Crippen LogP contribution in [0.2, 0.25) is 0 Å². The first-order valence-electron chi connectivity index (χ1n) is 12.0. The maximum absolute atomic E-state index is 5.86. The molecule has 0 N–H and O–H groups in total. The van der Waals surface area contributed by atoms with Crippen molar-refractivity contribution >= 4 is 11.2 Å². The van der Waals surface area contributed by atoms with E-state index in [1.807, 2.05) is 48.7 Å². The van der Waals surface area contributed by atoms with E-state index in [1.165, 1.54) is 22.3 Å². The number of rotatable bonds is 3. The van der Waals surface area contributed by atoms with Crippen LogP contribution in [-0.2, 0) is 5.41 Å². The van der Waals surface area contributed by atoms with Crippen molar-refractivity contribution in [2.75, 3.05) is 0 Å². The lowest BCUT2D eigenvalue weighted by Crippen LogP contribution is -2.14. The van der Waals surface area contributed by atoms with Gasteiger partial charge in [-0.3, -0.25) is 0 Å². The Balaban J connectivity index is 1.27. The summed E-state index contributed by atoms with van der Waals surface area (Å²) in [6.07, 6.45) is 3.52. The van der Waals surface area contributed by atoms with Gasteiger partial charge in [0.2, 0.25) is 11.6 Å². The number of nitrogens with zero attached hydrogens (tertiary/aromatic N) is 4. The molecule has 0 saturated carbocycles. The number of benzene rings is 3. The third kappa shape index (κ3) is 3.17. The molecule has 0 bridgehead atoms. The molecular formula is C31H22N4O. The Morgan fingerprint density at radius 2 is 1.50 bits per heavy atom. The molecular weight excluding hydrogens is 444 g/mol. The van der Waals surface area contributed by atoms with Crippen molar-refractivity contribution < 1.29 is 4.42 Å². The van der Waals surface area contributed by atoms with Gasteiger partial charge < -0.3 is 4.42 Å². The van der Waals surface area contributed by atoms with Crippen molar-refractivity contribution in [3.63, 3.8) is 0 Å². The SMILES string of the molecule is CC1(C)c2ccccc2-c2ccc(-c3ccnc(-c4cccc(-c5nc6cccnc6o5)c4)n3)cc21. The quantitative estimate of drug-likeness (QED) is 0.273. The first-order valence-corrected chi connectivity index (χ1v) is 12.0. The van der Waals surface area contributed by atoms with E-state index in [-0.39, 0.29) is 5.41 Å². The molecule has 0 atom stereocenters. The van der Waals surface area contributed by atoms with Gasteiger partial charge in [-0.2, -0.15) is 0 Å². The maximum Gasteiger partial charge on any atom is 0.247 e. The van der Waals surface area contributed by atoms with Crippen molar-refractivity contribution in [3.05, 3.63) is 108 Å². The molecule has 0 spiro atoms. The molecule has 0 fully saturated rings. The van der Waals surface area contributed by atoms with E-state index in [0.29, 0.717) is 17.4 Å².